The molecule has 0 aromatic carbocycles. The van der Waals surface area contributed by atoms with Crippen molar-refractivity contribution in [2.75, 3.05) is 14.1 Å². The van der Waals surface area contributed by atoms with Crippen molar-refractivity contribution >= 4 is 0 Å². The maximum atomic E-state index is 9.44. The zero-order chi connectivity index (χ0) is 14.8. The maximum absolute atomic E-state index is 9.44. The summed E-state index contributed by atoms with van der Waals surface area (Å²) in [6.45, 7) is 4.58. The molecule has 0 saturated heterocycles. The normalized spacial score (nSPS) is 10.4. The van der Waals surface area contributed by atoms with Gasteiger partial charge in [-0.2, -0.15) is 0 Å². The molecular weight excluding hydrogens is 234 g/mol. The van der Waals surface area contributed by atoms with E-state index in [4.69, 9.17) is 0 Å². The zero-order valence-electron chi connectivity index (χ0n) is 14.1. The quantitative estimate of drug-likeness (QED) is 0.404. The third-order valence-electron chi connectivity index (χ3n) is 3.21. The zero-order valence-corrected chi connectivity index (χ0v) is 14.1. The number of hydroxylamine groups is 2. The van der Waals surface area contributed by atoms with Gasteiger partial charge in [0.1, 0.15) is 0 Å². The van der Waals surface area contributed by atoms with Gasteiger partial charge in [0.25, 0.3) is 0 Å². The van der Waals surface area contributed by atoms with E-state index in [0.29, 0.717) is 0 Å². The van der Waals surface area contributed by atoms with Gasteiger partial charge in [-0.1, -0.05) is 97.3 Å². The molecule has 2 heteroatoms. The monoisotopic (exact) mass is 273 g/mol. The second-order valence-electron chi connectivity index (χ2n) is 5.80. The summed E-state index contributed by atoms with van der Waals surface area (Å²) >= 11 is 0. The molecule has 0 aliphatic heterocycles. The first-order valence-electron chi connectivity index (χ1n) is 8.62. The van der Waals surface area contributed by atoms with Crippen molar-refractivity contribution < 1.29 is 5.06 Å². The van der Waals surface area contributed by atoms with Gasteiger partial charge in [0.2, 0.25) is 0 Å². The van der Waals surface area contributed by atoms with E-state index in [9.17, 15) is 5.21 Å². The molecule has 2 nitrogen and oxygen atoms in total. The molecule has 0 aromatic heterocycles. The number of unbranched alkanes of at least 4 members (excludes halogenated alkanes) is 12. The summed E-state index contributed by atoms with van der Waals surface area (Å²) in [6.07, 6.45) is 18.9. The highest BCUT2D eigenvalue weighted by atomic mass is 16.5. The molecule has 0 heterocycles. The molecule has 19 heavy (non-hydrogen) atoms. The third-order valence-corrected chi connectivity index (χ3v) is 3.21. The Labute approximate surface area is 122 Å². The summed E-state index contributed by atoms with van der Waals surface area (Å²) in [6, 6.07) is 0. The van der Waals surface area contributed by atoms with Gasteiger partial charge < -0.3 is 10.3 Å². The molecule has 0 aliphatic carbocycles. The summed E-state index contributed by atoms with van der Waals surface area (Å²) in [4.78, 5) is 0. The van der Waals surface area contributed by atoms with Crippen LogP contribution in [-0.2, 0) is 0 Å². The van der Waals surface area contributed by atoms with Crippen LogP contribution in [0.2, 0.25) is 0 Å². The fourth-order valence-corrected chi connectivity index (χ4v) is 2.09. The largest absolute Gasteiger partial charge is 0.635 e. The van der Waals surface area contributed by atoms with Gasteiger partial charge in [0.05, 0.1) is 14.1 Å². The lowest BCUT2D eigenvalue weighted by Gasteiger charge is -2.04. The Morgan fingerprint density at radius 1 is 0.526 bits per heavy atom. The van der Waals surface area contributed by atoms with E-state index in [0.717, 1.165) is 0 Å². The minimum absolute atomic E-state index is 0.167. The first-order valence-corrected chi connectivity index (χ1v) is 8.62. The van der Waals surface area contributed by atoms with E-state index >= 15 is 0 Å². The number of rotatable bonds is 12. The number of quaternary nitrogens is 1. The average Bonchev–Trinajstić information content (AvgIpc) is 2.35. The molecule has 0 atom stereocenters. The third kappa shape index (κ3) is 32.0. The smallest absolute Gasteiger partial charge is 0.0660 e. The van der Waals surface area contributed by atoms with Gasteiger partial charge in [0, 0.05) is 0 Å². The standard InChI is InChI=1S/C15H32.C2H7NO/c1-3-5-7-9-11-13-15-14-12-10-8-6-4-2;1-3(2)4/h3-15H2,1-2H3;3H,1-2H3. The highest BCUT2D eigenvalue weighted by molar-refractivity contribution is 4.47. The molecule has 118 valence electrons. The minimum Gasteiger partial charge on any atom is -0.635 e. The Bertz CT molecular complexity index is 122. The highest BCUT2D eigenvalue weighted by Crippen LogP contribution is 2.12. The lowest BCUT2D eigenvalue weighted by molar-refractivity contribution is -0.802. The minimum atomic E-state index is 0.167. The van der Waals surface area contributed by atoms with Crippen molar-refractivity contribution in [2.45, 2.75) is 97.3 Å². The molecular formula is C17H39NO. The van der Waals surface area contributed by atoms with Crippen LogP contribution in [0.1, 0.15) is 97.3 Å². The summed E-state index contributed by atoms with van der Waals surface area (Å²) in [5.74, 6) is 0. The van der Waals surface area contributed by atoms with Crippen molar-refractivity contribution in [3.05, 3.63) is 5.21 Å². The molecule has 0 bridgehead atoms. The molecule has 0 spiro atoms. The Balaban J connectivity index is 0. The van der Waals surface area contributed by atoms with E-state index in [1.165, 1.54) is 97.6 Å². The lowest BCUT2D eigenvalue weighted by Crippen LogP contribution is -3.00. The van der Waals surface area contributed by atoms with Crippen molar-refractivity contribution in [2.24, 2.45) is 0 Å². The summed E-state index contributed by atoms with van der Waals surface area (Å²) in [5, 5.41) is 9.61. The summed E-state index contributed by atoms with van der Waals surface area (Å²) in [7, 11) is 3.06. The first kappa shape index (κ1) is 21.2. The fourth-order valence-electron chi connectivity index (χ4n) is 2.09. The number of hydrogen-bond donors (Lipinski definition) is 1. The van der Waals surface area contributed by atoms with Gasteiger partial charge in [-0.15, -0.1) is 0 Å². The Morgan fingerprint density at radius 2 is 0.684 bits per heavy atom. The fraction of sp³-hybridized carbons (Fsp3) is 1.00. The second-order valence-corrected chi connectivity index (χ2v) is 5.80. The molecule has 0 radical (unpaired) electrons. The van der Waals surface area contributed by atoms with Crippen LogP contribution in [0.15, 0.2) is 0 Å². The molecule has 0 rings (SSSR count). The van der Waals surface area contributed by atoms with E-state index < -0.39 is 0 Å². The molecule has 0 amide bonds. The predicted octanol–water partition coefficient (Wildman–Crippen LogP) is 4.73. The topological polar surface area (TPSA) is 27.5 Å². The van der Waals surface area contributed by atoms with Crippen molar-refractivity contribution in [1.82, 2.24) is 0 Å². The Morgan fingerprint density at radius 3 is 0.842 bits per heavy atom. The van der Waals surface area contributed by atoms with Gasteiger partial charge >= 0.3 is 0 Å². The Kier molecular flexibility index (Phi) is 22.6. The van der Waals surface area contributed by atoms with Crippen molar-refractivity contribution in [1.29, 1.82) is 0 Å². The van der Waals surface area contributed by atoms with Crippen LogP contribution in [0.4, 0.5) is 0 Å². The molecule has 0 fully saturated rings. The molecule has 0 unspecified atom stereocenters. The summed E-state index contributed by atoms with van der Waals surface area (Å²) < 4.78 is 0. The van der Waals surface area contributed by atoms with E-state index in [-0.39, 0.29) is 5.06 Å². The van der Waals surface area contributed by atoms with Crippen LogP contribution in [0.5, 0.6) is 0 Å². The highest BCUT2D eigenvalue weighted by Gasteiger charge is 1.92. The van der Waals surface area contributed by atoms with Gasteiger partial charge in [0.15, 0.2) is 0 Å². The molecule has 0 aromatic rings. The van der Waals surface area contributed by atoms with Gasteiger partial charge in [-0.3, -0.25) is 0 Å². The number of nitrogens with one attached hydrogen (secondary N) is 1. The number of hydrogen-bond acceptors (Lipinski definition) is 1. The SMILES string of the molecule is CCCCCCCCCCCCCCC.C[NH+](C)[O-]. The second kappa shape index (κ2) is 20.2. The lowest BCUT2D eigenvalue weighted by atomic mass is 10.1. The average molecular weight is 274 g/mol. The van der Waals surface area contributed by atoms with Gasteiger partial charge in [-0.05, 0) is 0 Å². The maximum Gasteiger partial charge on any atom is 0.0660 e. The van der Waals surface area contributed by atoms with Crippen LogP contribution in [-0.4, -0.2) is 14.1 Å². The van der Waals surface area contributed by atoms with Crippen LogP contribution in [0, 0.1) is 5.21 Å². The van der Waals surface area contributed by atoms with Crippen LogP contribution in [0.3, 0.4) is 0 Å². The first-order chi connectivity index (χ1) is 9.15. The van der Waals surface area contributed by atoms with Crippen LogP contribution in [0.25, 0.3) is 0 Å². The molecule has 0 saturated carbocycles. The Hall–Kier alpha value is -0.0800. The molecule has 0 aliphatic rings. The van der Waals surface area contributed by atoms with Crippen molar-refractivity contribution in [3.8, 4) is 0 Å². The van der Waals surface area contributed by atoms with Crippen LogP contribution < -0.4 is 5.06 Å². The summed E-state index contributed by atoms with van der Waals surface area (Å²) in [5.41, 5.74) is 0. The van der Waals surface area contributed by atoms with E-state index in [1.807, 2.05) is 0 Å². The van der Waals surface area contributed by atoms with E-state index in [1.54, 1.807) is 0 Å². The molecule has 1 N–H and O–H groups in total. The predicted molar refractivity (Wildman–Crippen MR) is 87.5 cm³/mol. The van der Waals surface area contributed by atoms with Gasteiger partial charge in [-0.25, -0.2) is 0 Å². The van der Waals surface area contributed by atoms with Crippen molar-refractivity contribution in [3.63, 3.8) is 0 Å². The van der Waals surface area contributed by atoms with E-state index in [2.05, 4.69) is 13.8 Å². The van der Waals surface area contributed by atoms with Crippen LogP contribution >= 0.6 is 0 Å².